The van der Waals surface area contributed by atoms with E-state index in [1.807, 2.05) is 6.92 Å². The van der Waals surface area contributed by atoms with Crippen LogP contribution in [-0.4, -0.2) is 5.97 Å². The van der Waals surface area contributed by atoms with Crippen LogP contribution in [0.2, 0.25) is 0 Å². The molecule has 0 unspecified atom stereocenters. The maximum Gasteiger partial charge on any atom is 1.00 e. The van der Waals surface area contributed by atoms with E-state index in [4.69, 9.17) is 0 Å². The van der Waals surface area contributed by atoms with Gasteiger partial charge in [0.1, 0.15) is 0 Å². The number of hydrogen-bond acceptors (Lipinski definition) is 2. The van der Waals surface area contributed by atoms with Crippen LogP contribution in [0.25, 0.3) is 0 Å². The molecule has 0 aromatic carbocycles. The average molecular weight is 341 g/mol. The molecular formula is C20H29KO2. The Morgan fingerprint density at radius 1 is 1.30 bits per heavy atom. The van der Waals surface area contributed by atoms with E-state index in [0.29, 0.717) is 11.8 Å². The second-order valence-electron chi connectivity index (χ2n) is 8.52. The van der Waals surface area contributed by atoms with Crippen molar-refractivity contribution < 1.29 is 61.3 Å². The summed E-state index contributed by atoms with van der Waals surface area (Å²) in [5.74, 6) is 0.548. The normalized spacial score (nSPS) is 39.5. The summed E-state index contributed by atoms with van der Waals surface area (Å²) in [7, 11) is 0. The second kappa shape index (κ2) is 7.07. The smallest absolute Gasteiger partial charge is 0.550 e. The predicted molar refractivity (Wildman–Crippen MR) is 86.9 cm³/mol. The third kappa shape index (κ3) is 3.21. The molecule has 3 rings (SSSR count). The van der Waals surface area contributed by atoms with E-state index in [1.54, 1.807) is 5.57 Å². The van der Waals surface area contributed by atoms with Crippen molar-refractivity contribution in [2.45, 2.75) is 66.2 Å². The first-order valence-corrected chi connectivity index (χ1v) is 8.91. The summed E-state index contributed by atoms with van der Waals surface area (Å²) >= 11 is 0. The van der Waals surface area contributed by atoms with E-state index in [0.717, 1.165) is 38.5 Å². The van der Waals surface area contributed by atoms with Gasteiger partial charge in [-0.2, -0.15) is 0 Å². The van der Waals surface area contributed by atoms with E-state index in [1.165, 1.54) is 5.57 Å². The van der Waals surface area contributed by atoms with Crippen LogP contribution in [0.1, 0.15) is 66.2 Å². The van der Waals surface area contributed by atoms with Crippen LogP contribution in [0.5, 0.6) is 0 Å². The molecule has 0 saturated heterocycles. The topological polar surface area (TPSA) is 40.1 Å². The van der Waals surface area contributed by atoms with Crippen LogP contribution in [0.3, 0.4) is 0 Å². The molecule has 122 valence electrons. The molecule has 2 fully saturated rings. The average Bonchev–Trinajstić information content (AvgIpc) is 2.46. The molecule has 3 aliphatic carbocycles. The van der Waals surface area contributed by atoms with Gasteiger partial charge in [0, 0.05) is 11.4 Å². The second-order valence-corrected chi connectivity index (χ2v) is 8.52. The van der Waals surface area contributed by atoms with Crippen LogP contribution >= 0.6 is 0 Å². The van der Waals surface area contributed by atoms with E-state index < -0.39 is 11.4 Å². The molecule has 0 radical (unpaired) electrons. The summed E-state index contributed by atoms with van der Waals surface area (Å²) in [6.45, 7) is 8.80. The van der Waals surface area contributed by atoms with Gasteiger partial charge in [0.15, 0.2) is 0 Å². The first kappa shape index (κ1) is 19.9. The third-order valence-electron chi connectivity index (χ3n) is 7.02. The summed E-state index contributed by atoms with van der Waals surface area (Å²) in [6.07, 6.45) is 11.0. The SMILES string of the molecule is CC(C)C1=CC[C@H]2C(=C1)CC[C@@H]1[C@]2(C)CCC[C@@]1(C)C(=O)[O-].[K+]. The number of rotatable bonds is 2. The number of hydrogen-bond donors (Lipinski definition) is 0. The van der Waals surface area contributed by atoms with Gasteiger partial charge < -0.3 is 9.90 Å². The van der Waals surface area contributed by atoms with Crippen LogP contribution in [0.4, 0.5) is 0 Å². The summed E-state index contributed by atoms with van der Waals surface area (Å²) in [6, 6.07) is 0. The Bertz CT molecular complexity index is 548. The first-order valence-electron chi connectivity index (χ1n) is 8.91. The number of carboxylic acid groups (broad SMARTS) is 1. The largest absolute Gasteiger partial charge is 1.00 e. The third-order valence-corrected chi connectivity index (χ3v) is 7.02. The fraction of sp³-hybridized carbons (Fsp3) is 0.750. The molecule has 0 aliphatic heterocycles. The van der Waals surface area contributed by atoms with Crippen molar-refractivity contribution in [1.82, 2.24) is 0 Å². The first-order chi connectivity index (χ1) is 10.3. The fourth-order valence-electron chi connectivity index (χ4n) is 5.65. The van der Waals surface area contributed by atoms with Gasteiger partial charge in [0.2, 0.25) is 0 Å². The summed E-state index contributed by atoms with van der Waals surface area (Å²) in [4.78, 5) is 11.8. The molecule has 0 heterocycles. The van der Waals surface area contributed by atoms with Crippen molar-refractivity contribution in [3.05, 3.63) is 23.3 Å². The van der Waals surface area contributed by atoms with Gasteiger partial charge >= 0.3 is 51.4 Å². The van der Waals surface area contributed by atoms with E-state index in [-0.39, 0.29) is 62.7 Å². The molecule has 3 heteroatoms. The monoisotopic (exact) mass is 340 g/mol. The van der Waals surface area contributed by atoms with Crippen molar-refractivity contribution in [2.24, 2.45) is 28.6 Å². The maximum absolute atomic E-state index is 11.8. The van der Waals surface area contributed by atoms with Gasteiger partial charge in [-0.25, -0.2) is 0 Å². The molecule has 3 aliphatic rings. The Morgan fingerprint density at radius 2 is 2.00 bits per heavy atom. The quantitative estimate of drug-likeness (QED) is 0.700. The van der Waals surface area contributed by atoms with Crippen LogP contribution in [-0.2, 0) is 4.79 Å². The minimum absolute atomic E-state index is 0. The van der Waals surface area contributed by atoms with Crippen LogP contribution < -0.4 is 56.5 Å². The standard InChI is InChI=1S/C20H30O2.K/c1-13(2)14-6-8-16-15(12-14)7-9-17-19(16,3)10-5-11-20(17,4)18(21)22;/h6,12-13,16-17H,5,7-11H2,1-4H3,(H,21,22);/q;+1/p-1/t16-,17+,19+,20+;/m0./s1. The molecule has 0 spiro atoms. The van der Waals surface area contributed by atoms with Crippen molar-refractivity contribution >= 4 is 5.97 Å². The van der Waals surface area contributed by atoms with Gasteiger partial charge in [-0.3, -0.25) is 0 Å². The van der Waals surface area contributed by atoms with Gasteiger partial charge in [-0.05, 0) is 60.8 Å². The Balaban J connectivity index is 0.00000192. The molecule has 0 amide bonds. The minimum atomic E-state index is -0.829. The molecule has 0 N–H and O–H groups in total. The minimum Gasteiger partial charge on any atom is -0.550 e. The fourth-order valence-corrected chi connectivity index (χ4v) is 5.65. The summed E-state index contributed by atoms with van der Waals surface area (Å²) in [5.41, 5.74) is 2.52. The molecule has 0 aromatic rings. The van der Waals surface area contributed by atoms with Crippen molar-refractivity contribution in [3.63, 3.8) is 0 Å². The van der Waals surface area contributed by atoms with Gasteiger partial charge in [-0.1, -0.05) is 51.8 Å². The molecule has 2 saturated carbocycles. The van der Waals surface area contributed by atoms with Crippen molar-refractivity contribution in [1.29, 1.82) is 0 Å². The zero-order chi connectivity index (χ0) is 16.1. The van der Waals surface area contributed by atoms with Gasteiger partial charge in [0.05, 0.1) is 0 Å². The summed E-state index contributed by atoms with van der Waals surface area (Å²) < 4.78 is 0. The van der Waals surface area contributed by atoms with Crippen LogP contribution in [0.15, 0.2) is 23.3 Å². The Kier molecular flexibility index (Phi) is 6.12. The zero-order valence-electron chi connectivity index (χ0n) is 15.4. The van der Waals surface area contributed by atoms with E-state index in [9.17, 15) is 9.90 Å². The van der Waals surface area contributed by atoms with Crippen molar-refractivity contribution in [2.75, 3.05) is 0 Å². The zero-order valence-corrected chi connectivity index (χ0v) is 18.6. The number of carboxylic acids is 1. The molecule has 23 heavy (non-hydrogen) atoms. The Morgan fingerprint density at radius 3 is 2.61 bits per heavy atom. The number of allylic oxidation sites excluding steroid dienone is 4. The Hall–Kier alpha value is 0.586. The molecule has 0 aromatic heterocycles. The molecule has 2 nitrogen and oxygen atoms in total. The van der Waals surface area contributed by atoms with E-state index in [2.05, 4.69) is 32.9 Å². The molecular weight excluding hydrogens is 311 g/mol. The van der Waals surface area contributed by atoms with Crippen LogP contribution in [0, 0.1) is 28.6 Å². The van der Waals surface area contributed by atoms with Gasteiger partial charge in [-0.15, -0.1) is 0 Å². The number of fused-ring (bicyclic) bond motifs is 3. The predicted octanol–water partition coefficient (Wildman–Crippen LogP) is 0.876. The van der Waals surface area contributed by atoms with Crippen molar-refractivity contribution in [3.8, 4) is 0 Å². The Labute approximate surface area is 183 Å². The van der Waals surface area contributed by atoms with E-state index >= 15 is 0 Å². The molecule has 0 bridgehead atoms. The number of aliphatic carboxylic acids is 1. The summed E-state index contributed by atoms with van der Waals surface area (Å²) in [5, 5.41) is 11.8. The number of carbonyl (C=O) groups is 1. The maximum atomic E-state index is 11.8. The van der Waals surface area contributed by atoms with Gasteiger partial charge in [0.25, 0.3) is 0 Å². The number of carbonyl (C=O) groups excluding carboxylic acids is 1. The molecule has 4 atom stereocenters.